The summed E-state index contributed by atoms with van der Waals surface area (Å²) in [6.07, 6.45) is 2.16. The van der Waals surface area contributed by atoms with Crippen LogP contribution in [0.5, 0.6) is 11.5 Å². The van der Waals surface area contributed by atoms with Crippen molar-refractivity contribution in [3.63, 3.8) is 0 Å². The van der Waals surface area contributed by atoms with Crippen LogP contribution in [0.4, 0.5) is 0 Å². The maximum atomic E-state index is 12.3. The van der Waals surface area contributed by atoms with Gasteiger partial charge in [0.2, 0.25) is 6.79 Å². The molecule has 0 saturated carbocycles. The first-order valence-electron chi connectivity index (χ1n) is 8.04. The van der Waals surface area contributed by atoms with Gasteiger partial charge in [-0.3, -0.25) is 9.48 Å². The number of carbonyl (C=O) groups excluding carboxylic acids is 1. The Balaban J connectivity index is 1.50. The molecule has 7 nitrogen and oxygen atoms in total. The van der Waals surface area contributed by atoms with Crippen LogP contribution in [-0.4, -0.2) is 41.7 Å². The van der Waals surface area contributed by atoms with E-state index in [0.29, 0.717) is 18.0 Å². The van der Waals surface area contributed by atoms with E-state index in [-0.39, 0.29) is 18.8 Å². The number of benzene rings is 1. The highest BCUT2D eigenvalue weighted by Gasteiger charge is 2.20. The van der Waals surface area contributed by atoms with E-state index in [1.165, 1.54) is 0 Å². The van der Waals surface area contributed by atoms with Crippen LogP contribution in [0.15, 0.2) is 24.3 Å². The van der Waals surface area contributed by atoms with Gasteiger partial charge in [0.05, 0.1) is 11.8 Å². The van der Waals surface area contributed by atoms with Gasteiger partial charge in [0.1, 0.15) is 0 Å². The number of aryl methyl sites for hydroxylation is 1. The maximum absolute atomic E-state index is 12.3. The lowest BCUT2D eigenvalue weighted by atomic mass is 10.1. The third-order valence-corrected chi connectivity index (χ3v) is 4.30. The minimum Gasteiger partial charge on any atom is -0.454 e. The Morgan fingerprint density at radius 2 is 2.21 bits per heavy atom. The third-order valence-electron chi connectivity index (χ3n) is 4.30. The smallest absolute Gasteiger partial charge is 0.271 e. The van der Waals surface area contributed by atoms with E-state index >= 15 is 0 Å². The largest absolute Gasteiger partial charge is 0.454 e. The Morgan fingerprint density at radius 1 is 1.33 bits per heavy atom. The summed E-state index contributed by atoms with van der Waals surface area (Å²) in [7, 11) is 1.82. The highest BCUT2D eigenvalue weighted by Crippen LogP contribution is 2.35. The van der Waals surface area contributed by atoms with Crippen molar-refractivity contribution in [1.29, 1.82) is 0 Å². The summed E-state index contributed by atoms with van der Waals surface area (Å²) in [4.78, 5) is 12.3. The number of fused-ring (bicyclic) bond motifs is 1. The molecule has 0 radical (unpaired) electrons. The predicted molar refractivity (Wildman–Crippen MR) is 86.1 cm³/mol. The van der Waals surface area contributed by atoms with Gasteiger partial charge < -0.3 is 19.5 Å². The van der Waals surface area contributed by atoms with E-state index in [1.54, 1.807) is 10.7 Å². The van der Waals surface area contributed by atoms with Crippen molar-refractivity contribution >= 4 is 5.91 Å². The number of ether oxygens (including phenoxy) is 3. The van der Waals surface area contributed by atoms with Gasteiger partial charge in [0.25, 0.3) is 5.91 Å². The second kappa shape index (κ2) is 6.16. The second-order valence-corrected chi connectivity index (χ2v) is 5.95. The van der Waals surface area contributed by atoms with Gasteiger partial charge in [-0.1, -0.05) is 0 Å². The molecular weight excluding hydrogens is 310 g/mol. The zero-order valence-corrected chi connectivity index (χ0v) is 13.4. The molecule has 4 rings (SSSR count). The van der Waals surface area contributed by atoms with E-state index in [0.717, 1.165) is 36.5 Å². The van der Waals surface area contributed by atoms with E-state index in [2.05, 4.69) is 10.4 Å². The topological polar surface area (TPSA) is 74.6 Å². The van der Waals surface area contributed by atoms with Crippen LogP contribution in [0.2, 0.25) is 0 Å². The number of hydrogen-bond acceptors (Lipinski definition) is 5. The van der Waals surface area contributed by atoms with Crippen LogP contribution in [-0.2, 0) is 11.8 Å². The van der Waals surface area contributed by atoms with Crippen molar-refractivity contribution in [3.8, 4) is 22.8 Å². The molecule has 1 fully saturated rings. The number of amides is 1. The second-order valence-electron chi connectivity index (χ2n) is 5.95. The van der Waals surface area contributed by atoms with E-state index in [4.69, 9.17) is 14.2 Å². The highest BCUT2D eigenvalue weighted by atomic mass is 16.7. The summed E-state index contributed by atoms with van der Waals surface area (Å²) in [6, 6.07) is 7.47. The van der Waals surface area contributed by atoms with Gasteiger partial charge in [0, 0.05) is 25.8 Å². The Hall–Kier alpha value is -2.54. The molecule has 1 N–H and O–H groups in total. The standard InChI is InChI=1S/C17H19N3O4/c1-20-14(11-4-5-15-16(7-11)24-10-23-15)8-13(19-20)17(21)18-9-12-3-2-6-22-12/h4-5,7-8,12H,2-3,6,9-10H2,1H3,(H,18,21). The van der Waals surface area contributed by atoms with Gasteiger partial charge in [-0.15, -0.1) is 0 Å². The van der Waals surface area contributed by atoms with Crippen molar-refractivity contribution in [3.05, 3.63) is 30.0 Å². The number of carbonyl (C=O) groups is 1. The van der Waals surface area contributed by atoms with Crippen molar-refractivity contribution in [2.24, 2.45) is 7.05 Å². The van der Waals surface area contributed by atoms with Crippen molar-refractivity contribution < 1.29 is 19.0 Å². The summed E-state index contributed by atoms with van der Waals surface area (Å²) >= 11 is 0. The molecule has 1 saturated heterocycles. The van der Waals surface area contributed by atoms with Gasteiger partial charge in [-0.2, -0.15) is 5.10 Å². The minimum absolute atomic E-state index is 0.117. The van der Waals surface area contributed by atoms with Gasteiger partial charge in [-0.25, -0.2) is 0 Å². The van der Waals surface area contributed by atoms with Crippen LogP contribution >= 0.6 is 0 Å². The molecule has 1 unspecified atom stereocenters. The van der Waals surface area contributed by atoms with Crippen molar-refractivity contribution in [2.45, 2.75) is 18.9 Å². The molecule has 1 atom stereocenters. The summed E-state index contributed by atoms with van der Waals surface area (Å²) < 4.78 is 17.9. The molecule has 1 aromatic heterocycles. The number of rotatable bonds is 4. The quantitative estimate of drug-likeness (QED) is 0.924. The Kier molecular flexibility index (Phi) is 3.86. The van der Waals surface area contributed by atoms with Crippen molar-refractivity contribution in [2.75, 3.05) is 19.9 Å². The summed E-state index contributed by atoms with van der Waals surface area (Å²) in [5, 5.41) is 7.21. The van der Waals surface area contributed by atoms with Crippen LogP contribution in [0, 0.1) is 0 Å². The Morgan fingerprint density at radius 3 is 3.04 bits per heavy atom. The average molecular weight is 329 g/mol. The molecule has 0 aliphatic carbocycles. The first-order chi connectivity index (χ1) is 11.7. The molecule has 3 heterocycles. The Bertz CT molecular complexity index is 765. The lowest BCUT2D eigenvalue weighted by Crippen LogP contribution is -2.32. The van der Waals surface area contributed by atoms with Crippen LogP contribution < -0.4 is 14.8 Å². The molecule has 24 heavy (non-hydrogen) atoms. The monoisotopic (exact) mass is 329 g/mol. The lowest BCUT2D eigenvalue weighted by Gasteiger charge is -2.09. The number of hydrogen-bond donors (Lipinski definition) is 1. The molecule has 1 amide bonds. The molecule has 0 bridgehead atoms. The number of nitrogens with one attached hydrogen (secondary N) is 1. The molecular formula is C17H19N3O4. The summed E-state index contributed by atoms with van der Waals surface area (Å²) in [5.74, 6) is 1.25. The van der Waals surface area contributed by atoms with Gasteiger partial charge in [0.15, 0.2) is 17.2 Å². The zero-order chi connectivity index (χ0) is 16.5. The van der Waals surface area contributed by atoms with E-state index < -0.39 is 0 Å². The van der Waals surface area contributed by atoms with Gasteiger partial charge in [-0.05, 0) is 37.1 Å². The van der Waals surface area contributed by atoms with Gasteiger partial charge >= 0.3 is 0 Å². The van der Waals surface area contributed by atoms with Crippen molar-refractivity contribution in [1.82, 2.24) is 15.1 Å². The molecule has 126 valence electrons. The highest BCUT2D eigenvalue weighted by molar-refractivity contribution is 5.93. The molecule has 7 heteroatoms. The third kappa shape index (κ3) is 2.82. The molecule has 2 aliphatic rings. The predicted octanol–water partition coefficient (Wildman–Crippen LogP) is 1.72. The number of nitrogens with zero attached hydrogens (tertiary/aromatic N) is 2. The van der Waals surface area contributed by atoms with Crippen LogP contribution in [0.3, 0.4) is 0 Å². The molecule has 2 aliphatic heterocycles. The molecule has 1 aromatic carbocycles. The van der Waals surface area contributed by atoms with E-state index in [9.17, 15) is 4.79 Å². The van der Waals surface area contributed by atoms with E-state index in [1.807, 2.05) is 25.2 Å². The summed E-state index contributed by atoms with van der Waals surface area (Å²) in [5.41, 5.74) is 2.16. The zero-order valence-electron chi connectivity index (χ0n) is 13.4. The normalized spacial score (nSPS) is 18.8. The maximum Gasteiger partial charge on any atom is 0.271 e. The fraction of sp³-hybridized carbons (Fsp3) is 0.412. The SMILES string of the molecule is Cn1nc(C(=O)NCC2CCCO2)cc1-c1ccc2c(c1)OCO2. The molecule has 2 aromatic rings. The fourth-order valence-corrected chi connectivity index (χ4v) is 3.01. The Labute approximate surface area is 139 Å². The summed E-state index contributed by atoms with van der Waals surface area (Å²) in [6.45, 7) is 1.54. The molecule has 0 spiro atoms. The van der Waals surface area contributed by atoms with Crippen LogP contribution in [0.25, 0.3) is 11.3 Å². The van der Waals surface area contributed by atoms with Crippen LogP contribution in [0.1, 0.15) is 23.3 Å². The average Bonchev–Trinajstić information content (AvgIpc) is 3.32. The first-order valence-corrected chi connectivity index (χ1v) is 8.04. The fourth-order valence-electron chi connectivity index (χ4n) is 3.01. The minimum atomic E-state index is -0.187. The first kappa shape index (κ1) is 15.0. The number of aromatic nitrogens is 2. The lowest BCUT2D eigenvalue weighted by molar-refractivity contribution is 0.0853.